The molecular weight excluding hydrogens is 503 g/mol. The SMILES string of the molecule is CN=C(NCC(C)SC)NCC(c1ccc(OC)c(OC)c1)N1CCOCC1.I. The van der Waals surface area contributed by atoms with E-state index in [1.807, 2.05) is 17.8 Å². The summed E-state index contributed by atoms with van der Waals surface area (Å²) in [6, 6.07) is 6.32. The first kappa shape index (κ1) is 26.1. The summed E-state index contributed by atoms with van der Waals surface area (Å²) < 4.78 is 16.4. The molecule has 0 aromatic heterocycles. The van der Waals surface area contributed by atoms with Crippen molar-refractivity contribution in [3.63, 3.8) is 0 Å². The molecule has 0 radical (unpaired) electrons. The van der Waals surface area contributed by atoms with Crippen LogP contribution in [0.2, 0.25) is 0 Å². The predicted molar refractivity (Wildman–Crippen MR) is 132 cm³/mol. The molecule has 0 spiro atoms. The van der Waals surface area contributed by atoms with Gasteiger partial charge in [-0.15, -0.1) is 24.0 Å². The van der Waals surface area contributed by atoms with E-state index < -0.39 is 0 Å². The lowest BCUT2D eigenvalue weighted by Gasteiger charge is -2.35. The molecule has 1 aliphatic heterocycles. The van der Waals surface area contributed by atoms with Crippen LogP contribution < -0.4 is 20.1 Å². The molecule has 1 saturated heterocycles. The Hall–Kier alpha value is -0.910. The molecule has 1 aromatic rings. The first-order valence-corrected chi connectivity index (χ1v) is 10.9. The van der Waals surface area contributed by atoms with E-state index in [1.165, 1.54) is 5.56 Å². The Kier molecular flexibility index (Phi) is 12.8. The highest BCUT2D eigenvalue weighted by Gasteiger charge is 2.24. The van der Waals surface area contributed by atoms with Crippen LogP contribution in [0.5, 0.6) is 11.5 Å². The van der Waals surface area contributed by atoms with Gasteiger partial charge in [0.25, 0.3) is 0 Å². The minimum atomic E-state index is 0. The van der Waals surface area contributed by atoms with Crippen molar-refractivity contribution in [2.24, 2.45) is 4.99 Å². The van der Waals surface area contributed by atoms with Gasteiger partial charge in [0.1, 0.15) is 0 Å². The fourth-order valence-corrected chi connectivity index (χ4v) is 3.39. The third-order valence-corrected chi connectivity index (χ3v) is 5.90. The van der Waals surface area contributed by atoms with Crippen LogP contribution in [0.25, 0.3) is 0 Å². The van der Waals surface area contributed by atoms with Crippen LogP contribution in [0.1, 0.15) is 18.5 Å². The lowest BCUT2D eigenvalue weighted by molar-refractivity contribution is 0.0169. The Morgan fingerprint density at radius 1 is 1.17 bits per heavy atom. The molecule has 29 heavy (non-hydrogen) atoms. The molecular formula is C20H35IN4O3S. The summed E-state index contributed by atoms with van der Waals surface area (Å²) in [5.41, 5.74) is 1.18. The number of nitrogens with one attached hydrogen (secondary N) is 2. The normalized spacial score (nSPS) is 17.1. The first-order chi connectivity index (χ1) is 13.6. The van der Waals surface area contributed by atoms with Crippen molar-refractivity contribution < 1.29 is 14.2 Å². The molecule has 1 heterocycles. The zero-order chi connectivity index (χ0) is 20.4. The van der Waals surface area contributed by atoms with Crippen molar-refractivity contribution in [1.29, 1.82) is 0 Å². The van der Waals surface area contributed by atoms with Crippen molar-refractivity contribution in [1.82, 2.24) is 15.5 Å². The molecule has 1 aromatic carbocycles. The molecule has 0 bridgehead atoms. The monoisotopic (exact) mass is 538 g/mol. The largest absolute Gasteiger partial charge is 0.493 e. The van der Waals surface area contributed by atoms with Crippen LogP contribution in [0.4, 0.5) is 0 Å². The van der Waals surface area contributed by atoms with Gasteiger partial charge in [-0.2, -0.15) is 11.8 Å². The summed E-state index contributed by atoms with van der Waals surface area (Å²) >= 11 is 1.84. The Morgan fingerprint density at radius 2 is 1.83 bits per heavy atom. The highest BCUT2D eigenvalue weighted by molar-refractivity contribution is 14.0. The molecule has 2 rings (SSSR count). The summed E-state index contributed by atoms with van der Waals surface area (Å²) in [4.78, 5) is 6.80. The van der Waals surface area contributed by atoms with E-state index in [9.17, 15) is 0 Å². The number of morpholine rings is 1. The predicted octanol–water partition coefficient (Wildman–Crippen LogP) is 2.61. The van der Waals surface area contributed by atoms with E-state index in [0.717, 1.165) is 56.9 Å². The summed E-state index contributed by atoms with van der Waals surface area (Å²) in [5.74, 6) is 2.30. The molecule has 1 fully saturated rings. The molecule has 2 atom stereocenters. The Labute approximate surface area is 196 Å². The topological polar surface area (TPSA) is 67.4 Å². The molecule has 2 N–H and O–H groups in total. The van der Waals surface area contributed by atoms with Gasteiger partial charge in [-0.25, -0.2) is 0 Å². The summed E-state index contributed by atoms with van der Waals surface area (Å²) in [6.45, 7) is 7.11. The zero-order valence-corrected chi connectivity index (χ0v) is 21.2. The third kappa shape index (κ3) is 8.03. The molecule has 7 nitrogen and oxygen atoms in total. The van der Waals surface area contributed by atoms with E-state index >= 15 is 0 Å². The van der Waals surface area contributed by atoms with E-state index in [4.69, 9.17) is 14.2 Å². The minimum Gasteiger partial charge on any atom is -0.493 e. The van der Waals surface area contributed by atoms with Gasteiger partial charge in [0.2, 0.25) is 0 Å². The number of nitrogens with zero attached hydrogens (tertiary/aromatic N) is 2. The number of hydrogen-bond donors (Lipinski definition) is 2. The van der Waals surface area contributed by atoms with Crippen molar-refractivity contribution in [3.05, 3.63) is 23.8 Å². The molecule has 0 aliphatic carbocycles. The molecule has 2 unspecified atom stereocenters. The lowest BCUT2D eigenvalue weighted by Crippen LogP contribution is -2.47. The van der Waals surface area contributed by atoms with Crippen LogP contribution in [0.3, 0.4) is 0 Å². The van der Waals surface area contributed by atoms with Crippen LogP contribution >= 0.6 is 35.7 Å². The van der Waals surface area contributed by atoms with E-state index in [0.29, 0.717) is 5.25 Å². The average molecular weight is 538 g/mol. The third-order valence-electron chi connectivity index (χ3n) is 4.92. The number of benzene rings is 1. The van der Waals surface area contributed by atoms with Crippen molar-refractivity contribution in [2.45, 2.75) is 18.2 Å². The van der Waals surface area contributed by atoms with Gasteiger partial charge in [0.15, 0.2) is 17.5 Å². The number of rotatable bonds is 9. The fourth-order valence-electron chi connectivity index (χ4n) is 3.14. The minimum absolute atomic E-state index is 0. The van der Waals surface area contributed by atoms with Gasteiger partial charge in [0.05, 0.1) is 33.5 Å². The molecule has 166 valence electrons. The molecule has 1 aliphatic rings. The number of aliphatic imine (C=N–C) groups is 1. The van der Waals surface area contributed by atoms with Gasteiger partial charge in [-0.3, -0.25) is 9.89 Å². The van der Waals surface area contributed by atoms with E-state index in [2.05, 4.69) is 45.8 Å². The molecule has 0 amide bonds. The average Bonchev–Trinajstić information content (AvgIpc) is 2.76. The van der Waals surface area contributed by atoms with Gasteiger partial charge >= 0.3 is 0 Å². The maximum absolute atomic E-state index is 5.55. The second-order valence-corrected chi connectivity index (χ2v) is 7.94. The fraction of sp³-hybridized carbons (Fsp3) is 0.650. The Balaban J connectivity index is 0.00000420. The van der Waals surface area contributed by atoms with E-state index in [-0.39, 0.29) is 30.0 Å². The number of guanidine groups is 1. The number of ether oxygens (including phenoxy) is 3. The second kappa shape index (κ2) is 14.2. The highest BCUT2D eigenvalue weighted by atomic mass is 127. The Morgan fingerprint density at radius 3 is 2.41 bits per heavy atom. The number of methoxy groups -OCH3 is 2. The number of thioether (sulfide) groups is 1. The lowest BCUT2D eigenvalue weighted by atomic mass is 10.0. The van der Waals surface area contributed by atoms with Gasteiger partial charge in [0, 0.05) is 38.5 Å². The second-order valence-electron chi connectivity index (χ2n) is 6.66. The number of hydrogen-bond acceptors (Lipinski definition) is 6. The van der Waals surface area contributed by atoms with Crippen LogP contribution in [-0.4, -0.2) is 83.0 Å². The standard InChI is InChI=1S/C20H34N4O3S.HI/c1-15(28-5)13-22-20(21-2)23-14-17(24-8-10-27-11-9-24)16-6-7-18(25-3)19(12-16)26-4;/h6-7,12,15,17H,8-11,13-14H2,1-5H3,(H2,21,22,23);1H. The maximum atomic E-state index is 5.55. The number of halogens is 1. The Bertz CT molecular complexity index is 630. The molecule has 0 saturated carbocycles. The van der Waals surface area contributed by atoms with Crippen molar-refractivity contribution in [2.75, 3.05) is 66.9 Å². The van der Waals surface area contributed by atoms with Gasteiger partial charge in [-0.05, 0) is 24.0 Å². The molecule has 9 heteroatoms. The highest BCUT2D eigenvalue weighted by Crippen LogP contribution is 2.32. The summed E-state index contributed by atoms with van der Waals surface area (Å²) in [6.07, 6.45) is 2.12. The van der Waals surface area contributed by atoms with E-state index in [1.54, 1.807) is 21.3 Å². The zero-order valence-electron chi connectivity index (χ0n) is 18.1. The maximum Gasteiger partial charge on any atom is 0.191 e. The van der Waals surface area contributed by atoms with Crippen LogP contribution in [0, 0.1) is 0 Å². The van der Waals surface area contributed by atoms with Gasteiger partial charge in [-0.1, -0.05) is 13.0 Å². The van der Waals surface area contributed by atoms with Gasteiger partial charge < -0.3 is 24.8 Å². The van der Waals surface area contributed by atoms with Crippen LogP contribution in [-0.2, 0) is 4.74 Å². The quantitative estimate of drug-likeness (QED) is 0.285. The smallest absolute Gasteiger partial charge is 0.191 e. The van der Waals surface area contributed by atoms with Crippen molar-refractivity contribution >= 4 is 41.7 Å². The summed E-state index contributed by atoms with van der Waals surface area (Å²) in [7, 11) is 5.13. The van der Waals surface area contributed by atoms with Crippen molar-refractivity contribution in [3.8, 4) is 11.5 Å². The van der Waals surface area contributed by atoms with Crippen LogP contribution in [0.15, 0.2) is 23.2 Å². The first-order valence-electron chi connectivity index (χ1n) is 9.64. The summed E-state index contributed by atoms with van der Waals surface area (Å²) in [5, 5.41) is 7.41.